The predicted octanol–water partition coefficient (Wildman–Crippen LogP) is 2.20. The first-order valence-corrected chi connectivity index (χ1v) is 6.52. The van der Waals surface area contributed by atoms with E-state index in [4.69, 9.17) is 21.4 Å². The van der Waals surface area contributed by atoms with E-state index >= 15 is 0 Å². The van der Waals surface area contributed by atoms with E-state index in [1.54, 1.807) is 12.1 Å². The summed E-state index contributed by atoms with van der Waals surface area (Å²) in [4.78, 5) is 1.52. The van der Waals surface area contributed by atoms with Gasteiger partial charge in [-0.3, -0.25) is 4.90 Å². The van der Waals surface area contributed by atoms with E-state index in [-0.39, 0.29) is 25.8 Å². The highest BCUT2D eigenvalue weighted by atomic mass is 35.5. The standard InChI is InChI=1S/C13H16ClF2NO2/c14-10-1-2-12-9(5-10)6-11(19-12)7-17(3-4-18)8-13(15)16/h1-2,5,11,13,18H,3-4,6-8H2. The third-order valence-corrected chi connectivity index (χ3v) is 3.27. The Labute approximate surface area is 115 Å². The van der Waals surface area contributed by atoms with Crippen molar-refractivity contribution in [3.8, 4) is 5.75 Å². The maximum absolute atomic E-state index is 12.4. The van der Waals surface area contributed by atoms with Gasteiger partial charge in [0, 0.05) is 24.5 Å². The van der Waals surface area contributed by atoms with Crippen molar-refractivity contribution < 1.29 is 18.6 Å². The molecule has 0 bridgehead atoms. The molecule has 1 heterocycles. The quantitative estimate of drug-likeness (QED) is 0.872. The van der Waals surface area contributed by atoms with Crippen LogP contribution in [0.4, 0.5) is 8.78 Å². The predicted molar refractivity (Wildman–Crippen MR) is 69.1 cm³/mol. The van der Waals surface area contributed by atoms with Crippen LogP contribution in [0.5, 0.6) is 5.75 Å². The molecular formula is C13H16ClF2NO2. The zero-order valence-electron chi connectivity index (χ0n) is 10.4. The van der Waals surface area contributed by atoms with Crippen LogP contribution in [0.15, 0.2) is 18.2 Å². The number of ether oxygens (including phenoxy) is 1. The number of halogens is 3. The van der Waals surface area contributed by atoms with Gasteiger partial charge in [0.25, 0.3) is 6.43 Å². The Balaban J connectivity index is 1.94. The Morgan fingerprint density at radius 3 is 2.95 bits per heavy atom. The molecule has 1 aromatic rings. The number of hydrogen-bond acceptors (Lipinski definition) is 3. The van der Waals surface area contributed by atoms with Crippen molar-refractivity contribution in [2.45, 2.75) is 19.0 Å². The van der Waals surface area contributed by atoms with Crippen molar-refractivity contribution in [3.63, 3.8) is 0 Å². The number of hydrogen-bond donors (Lipinski definition) is 1. The monoisotopic (exact) mass is 291 g/mol. The van der Waals surface area contributed by atoms with Crippen LogP contribution in [0.3, 0.4) is 0 Å². The number of alkyl halides is 2. The second kappa shape index (κ2) is 6.50. The molecule has 1 N–H and O–H groups in total. The molecule has 106 valence electrons. The molecule has 1 aromatic carbocycles. The minimum Gasteiger partial charge on any atom is -0.488 e. The highest BCUT2D eigenvalue weighted by molar-refractivity contribution is 6.30. The average molecular weight is 292 g/mol. The van der Waals surface area contributed by atoms with Crippen LogP contribution < -0.4 is 4.74 Å². The Morgan fingerprint density at radius 2 is 2.26 bits per heavy atom. The van der Waals surface area contributed by atoms with Crippen LogP contribution in [-0.4, -0.2) is 48.8 Å². The summed E-state index contributed by atoms with van der Waals surface area (Å²) < 4.78 is 30.5. The van der Waals surface area contributed by atoms with Gasteiger partial charge in [0.05, 0.1) is 13.2 Å². The molecule has 0 aliphatic carbocycles. The van der Waals surface area contributed by atoms with E-state index in [9.17, 15) is 8.78 Å². The Hall–Kier alpha value is -0.910. The van der Waals surface area contributed by atoms with Crippen molar-refractivity contribution in [2.24, 2.45) is 0 Å². The fourth-order valence-corrected chi connectivity index (χ4v) is 2.47. The maximum atomic E-state index is 12.4. The van der Waals surface area contributed by atoms with Gasteiger partial charge >= 0.3 is 0 Å². The van der Waals surface area contributed by atoms with E-state index in [0.717, 1.165) is 11.3 Å². The van der Waals surface area contributed by atoms with Crippen LogP contribution in [0.1, 0.15) is 5.56 Å². The second-order valence-corrected chi connectivity index (χ2v) is 5.01. The first kappa shape index (κ1) is 14.5. The number of aliphatic hydroxyl groups is 1. The normalized spacial score (nSPS) is 17.9. The second-order valence-electron chi connectivity index (χ2n) is 4.57. The zero-order valence-corrected chi connectivity index (χ0v) is 11.1. The fraction of sp³-hybridized carbons (Fsp3) is 0.538. The van der Waals surface area contributed by atoms with Crippen LogP contribution in [0.2, 0.25) is 5.02 Å². The third kappa shape index (κ3) is 4.03. The van der Waals surface area contributed by atoms with Gasteiger partial charge < -0.3 is 9.84 Å². The summed E-state index contributed by atoms with van der Waals surface area (Å²) in [5.41, 5.74) is 0.999. The lowest BCUT2D eigenvalue weighted by molar-refractivity contribution is 0.0575. The minimum atomic E-state index is -2.41. The van der Waals surface area contributed by atoms with E-state index in [2.05, 4.69) is 0 Å². The SMILES string of the molecule is OCCN(CC(F)F)CC1Cc2cc(Cl)ccc2O1. The molecule has 2 rings (SSSR count). The van der Waals surface area contributed by atoms with Gasteiger partial charge in [-0.2, -0.15) is 0 Å². The van der Waals surface area contributed by atoms with Gasteiger partial charge in [-0.25, -0.2) is 8.78 Å². The van der Waals surface area contributed by atoms with E-state index < -0.39 is 6.43 Å². The summed E-state index contributed by atoms with van der Waals surface area (Å²) in [6.45, 7) is 0.105. The van der Waals surface area contributed by atoms with E-state index in [1.807, 2.05) is 6.07 Å². The lowest BCUT2D eigenvalue weighted by atomic mass is 10.1. The lowest BCUT2D eigenvalue weighted by Gasteiger charge is -2.23. The summed E-state index contributed by atoms with van der Waals surface area (Å²) in [6.07, 6.45) is -1.93. The largest absolute Gasteiger partial charge is 0.488 e. The summed E-state index contributed by atoms with van der Waals surface area (Å²) in [7, 11) is 0. The van der Waals surface area contributed by atoms with E-state index in [0.29, 0.717) is 18.0 Å². The molecule has 0 saturated carbocycles. The van der Waals surface area contributed by atoms with Crippen molar-refractivity contribution in [1.82, 2.24) is 4.90 Å². The molecule has 0 fully saturated rings. The van der Waals surface area contributed by atoms with Crippen LogP contribution >= 0.6 is 11.6 Å². The molecule has 19 heavy (non-hydrogen) atoms. The topological polar surface area (TPSA) is 32.7 Å². The fourth-order valence-electron chi connectivity index (χ4n) is 2.27. The number of benzene rings is 1. The minimum absolute atomic E-state index is 0.141. The Morgan fingerprint density at radius 1 is 1.47 bits per heavy atom. The summed E-state index contributed by atoms with van der Waals surface area (Å²) in [5.74, 6) is 0.760. The zero-order chi connectivity index (χ0) is 13.8. The molecule has 1 atom stereocenters. The van der Waals surface area contributed by atoms with Crippen molar-refractivity contribution >= 4 is 11.6 Å². The molecule has 0 saturated heterocycles. The summed E-state index contributed by atoms with van der Waals surface area (Å²) >= 11 is 5.90. The highest BCUT2D eigenvalue weighted by Crippen LogP contribution is 2.31. The van der Waals surface area contributed by atoms with Crippen molar-refractivity contribution in [2.75, 3.05) is 26.2 Å². The van der Waals surface area contributed by atoms with Crippen LogP contribution in [0.25, 0.3) is 0 Å². The van der Waals surface area contributed by atoms with Gasteiger partial charge in [-0.05, 0) is 23.8 Å². The molecule has 1 aliphatic rings. The number of aliphatic hydroxyl groups excluding tert-OH is 1. The van der Waals surface area contributed by atoms with Gasteiger partial charge in [0.2, 0.25) is 0 Å². The van der Waals surface area contributed by atoms with E-state index in [1.165, 1.54) is 4.90 Å². The molecule has 3 nitrogen and oxygen atoms in total. The first-order chi connectivity index (χ1) is 9.08. The van der Waals surface area contributed by atoms with Gasteiger partial charge in [-0.15, -0.1) is 0 Å². The molecule has 1 unspecified atom stereocenters. The van der Waals surface area contributed by atoms with Crippen molar-refractivity contribution in [1.29, 1.82) is 0 Å². The van der Waals surface area contributed by atoms with Crippen LogP contribution in [-0.2, 0) is 6.42 Å². The van der Waals surface area contributed by atoms with Gasteiger partial charge in [0.15, 0.2) is 0 Å². The molecule has 1 aliphatic heterocycles. The number of fused-ring (bicyclic) bond motifs is 1. The average Bonchev–Trinajstić information content (AvgIpc) is 2.69. The van der Waals surface area contributed by atoms with Gasteiger partial charge in [0.1, 0.15) is 11.9 Å². The third-order valence-electron chi connectivity index (χ3n) is 3.04. The Kier molecular flexibility index (Phi) is 4.96. The summed E-state index contributed by atoms with van der Waals surface area (Å²) in [6, 6.07) is 5.37. The lowest BCUT2D eigenvalue weighted by Crippen LogP contribution is -2.39. The van der Waals surface area contributed by atoms with Crippen LogP contribution in [0, 0.1) is 0 Å². The maximum Gasteiger partial charge on any atom is 0.251 e. The smallest absolute Gasteiger partial charge is 0.251 e. The Bertz CT molecular complexity index is 431. The molecule has 6 heteroatoms. The molecule has 0 aromatic heterocycles. The molecule has 0 spiro atoms. The number of rotatable bonds is 6. The van der Waals surface area contributed by atoms with Gasteiger partial charge in [-0.1, -0.05) is 11.6 Å². The molecule has 0 radical (unpaired) electrons. The number of nitrogens with zero attached hydrogens (tertiary/aromatic N) is 1. The van der Waals surface area contributed by atoms with Crippen molar-refractivity contribution in [3.05, 3.63) is 28.8 Å². The first-order valence-electron chi connectivity index (χ1n) is 6.15. The summed E-state index contributed by atoms with van der Waals surface area (Å²) in [5, 5.41) is 9.53. The molecule has 0 amide bonds. The highest BCUT2D eigenvalue weighted by Gasteiger charge is 2.26. The molecular weight excluding hydrogens is 276 g/mol.